The molecule has 0 saturated heterocycles. The van der Waals surface area contributed by atoms with Crippen LogP contribution in [0, 0.1) is 0 Å². The third-order valence-electron chi connectivity index (χ3n) is 4.61. The molecule has 4 heteroatoms. The number of fused-ring (bicyclic) bond motifs is 3. The number of rotatable bonds is 5. The molecule has 2 aliphatic heterocycles. The first-order valence-corrected chi connectivity index (χ1v) is 9.65. The summed E-state index contributed by atoms with van der Waals surface area (Å²) in [6, 6.07) is 4.03. The number of benzene rings is 1. The summed E-state index contributed by atoms with van der Waals surface area (Å²) in [7, 11) is 0. The maximum absolute atomic E-state index is 10.6. The molecule has 0 amide bonds. The van der Waals surface area contributed by atoms with Crippen molar-refractivity contribution in [3.05, 3.63) is 47.4 Å². The number of thioether (sulfide) groups is 1. The number of aryl methyl sites for hydroxylation is 1. The molecule has 0 fully saturated rings. The van der Waals surface area contributed by atoms with Crippen LogP contribution in [0.25, 0.3) is 0 Å². The van der Waals surface area contributed by atoms with Crippen molar-refractivity contribution in [2.24, 2.45) is 0 Å². The van der Waals surface area contributed by atoms with E-state index in [4.69, 9.17) is 4.74 Å². The van der Waals surface area contributed by atoms with Gasteiger partial charge in [0, 0.05) is 6.54 Å². The summed E-state index contributed by atoms with van der Waals surface area (Å²) in [6.07, 6.45) is 8.67. The number of hydrogen-bond donors (Lipinski definition) is 1. The van der Waals surface area contributed by atoms with Crippen LogP contribution in [0.3, 0.4) is 0 Å². The Morgan fingerprint density at radius 3 is 3.00 bits per heavy atom. The average Bonchev–Trinajstić information content (AvgIpc) is 2.51. The standard InChI is InChI=1S/C19H25NO2S/c1-13-7-8-20-14(2)22-18-12-15(6-4-5-9-23-3)11-17(21)19(18)16(20)10-13/h10-12,16,21H,2,4-9H2,1,3H3/t16-/m0/s1. The highest BCUT2D eigenvalue weighted by atomic mass is 32.2. The van der Waals surface area contributed by atoms with Crippen molar-refractivity contribution >= 4 is 11.8 Å². The lowest BCUT2D eigenvalue weighted by Gasteiger charge is -2.41. The van der Waals surface area contributed by atoms with Crippen LogP contribution in [0.5, 0.6) is 11.5 Å². The molecule has 0 spiro atoms. The van der Waals surface area contributed by atoms with Gasteiger partial charge >= 0.3 is 0 Å². The molecule has 1 atom stereocenters. The summed E-state index contributed by atoms with van der Waals surface area (Å²) in [5.74, 6) is 2.98. The highest BCUT2D eigenvalue weighted by Crippen LogP contribution is 2.46. The van der Waals surface area contributed by atoms with Crippen molar-refractivity contribution in [3.63, 3.8) is 0 Å². The van der Waals surface area contributed by atoms with E-state index in [2.05, 4.69) is 36.8 Å². The molecule has 0 saturated carbocycles. The summed E-state index contributed by atoms with van der Waals surface area (Å²) < 4.78 is 5.92. The average molecular weight is 331 g/mol. The Hall–Kier alpha value is -1.55. The van der Waals surface area contributed by atoms with Crippen molar-refractivity contribution in [1.29, 1.82) is 0 Å². The van der Waals surface area contributed by atoms with Gasteiger partial charge in [-0.2, -0.15) is 11.8 Å². The normalized spacial score (nSPS) is 19.7. The number of phenols is 1. The minimum atomic E-state index is 0.0468. The number of ether oxygens (including phenoxy) is 1. The molecule has 1 aromatic carbocycles. The zero-order valence-corrected chi connectivity index (χ0v) is 14.8. The Kier molecular flexibility index (Phi) is 4.90. The van der Waals surface area contributed by atoms with E-state index in [9.17, 15) is 5.11 Å². The van der Waals surface area contributed by atoms with Crippen LogP contribution in [0.4, 0.5) is 0 Å². The molecule has 2 aliphatic rings. The molecule has 3 rings (SSSR count). The molecule has 0 radical (unpaired) electrons. The van der Waals surface area contributed by atoms with Gasteiger partial charge in [-0.25, -0.2) is 0 Å². The molecule has 0 bridgehead atoms. The van der Waals surface area contributed by atoms with E-state index in [1.807, 2.05) is 17.8 Å². The lowest BCUT2D eigenvalue weighted by Crippen LogP contribution is -2.36. The van der Waals surface area contributed by atoms with Crippen LogP contribution in [0.2, 0.25) is 0 Å². The van der Waals surface area contributed by atoms with E-state index < -0.39 is 0 Å². The molecule has 23 heavy (non-hydrogen) atoms. The van der Waals surface area contributed by atoms with E-state index >= 15 is 0 Å². The third kappa shape index (κ3) is 3.37. The molecule has 1 aromatic rings. The fraction of sp³-hybridized carbons (Fsp3) is 0.474. The van der Waals surface area contributed by atoms with Crippen molar-refractivity contribution in [2.45, 2.75) is 38.6 Å². The van der Waals surface area contributed by atoms with Crippen molar-refractivity contribution in [1.82, 2.24) is 4.90 Å². The Labute approximate surface area is 143 Å². The number of phenolic OH excluding ortho intramolecular Hbond substituents is 1. The summed E-state index contributed by atoms with van der Waals surface area (Å²) in [6.45, 7) is 7.09. The Morgan fingerprint density at radius 1 is 1.39 bits per heavy atom. The smallest absolute Gasteiger partial charge is 0.189 e. The predicted molar refractivity (Wildman–Crippen MR) is 97.0 cm³/mol. The van der Waals surface area contributed by atoms with Crippen LogP contribution in [-0.2, 0) is 6.42 Å². The monoisotopic (exact) mass is 331 g/mol. The predicted octanol–water partition coefficient (Wildman–Crippen LogP) is 4.63. The highest BCUT2D eigenvalue weighted by Gasteiger charge is 2.34. The maximum Gasteiger partial charge on any atom is 0.189 e. The number of aromatic hydroxyl groups is 1. The second-order valence-corrected chi connectivity index (χ2v) is 7.36. The zero-order chi connectivity index (χ0) is 16.4. The van der Waals surface area contributed by atoms with Crippen molar-refractivity contribution < 1.29 is 9.84 Å². The van der Waals surface area contributed by atoms with Crippen LogP contribution in [0.1, 0.15) is 43.4 Å². The first kappa shape index (κ1) is 16.3. The largest absolute Gasteiger partial charge is 0.507 e. The lowest BCUT2D eigenvalue weighted by molar-refractivity contribution is 0.151. The summed E-state index contributed by atoms with van der Waals surface area (Å²) >= 11 is 1.88. The van der Waals surface area contributed by atoms with Crippen molar-refractivity contribution in [2.75, 3.05) is 18.6 Å². The topological polar surface area (TPSA) is 32.7 Å². The maximum atomic E-state index is 10.6. The van der Waals surface area contributed by atoms with Gasteiger partial charge < -0.3 is 14.7 Å². The van der Waals surface area contributed by atoms with Gasteiger partial charge in [-0.05, 0) is 68.9 Å². The van der Waals surface area contributed by atoms with Gasteiger partial charge in [0.25, 0.3) is 0 Å². The fourth-order valence-electron chi connectivity index (χ4n) is 3.35. The molecule has 124 valence electrons. The quantitative estimate of drug-likeness (QED) is 0.629. The van der Waals surface area contributed by atoms with E-state index in [-0.39, 0.29) is 6.04 Å². The number of hydrogen-bond acceptors (Lipinski definition) is 4. The second-order valence-electron chi connectivity index (χ2n) is 6.37. The lowest BCUT2D eigenvalue weighted by atomic mass is 9.93. The van der Waals surface area contributed by atoms with E-state index in [0.29, 0.717) is 11.6 Å². The molecular formula is C19H25NO2S. The third-order valence-corrected chi connectivity index (χ3v) is 5.31. The van der Waals surface area contributed by atoms with E-state index in [1.165, 1.54) is 17.7 Å². The molecular weight excluding hydrogens is 306 g/mol. The highest BCUT2D eigenvalue weighted by molar-refractivity contribution is 7.98. The number of nitrogens with zero attached hydrogens (tertiary/aromatic N) is 1. The van der Waals surface area contributed by atoms with Gasteiger partial charge in [-0.3, -0.25) is 0 Å². The van der Waals surface area contributed by atoms with E-state index in [1.54, 1.807) is 0 Å². The zero-order valence-electron chi connectivity index (χ0n) is 14.0. The molecule has 3 nitrogen and oxygen atoms in total. The Balaban J connectivity index is 1.87. The van der Waals surface area contributed by atoms with E-state index in [0.717, 1.165) is 42.7 Å². The first-order valence-electron chi connectivity index (χ1n) is 8.25. The molecule has 0 aliphatic carbocycles. The molecule has 2 heterocycles. The van der Waals surface area contributed by atoms with Crippen molar-refractivity contribution in [3.8, 4) is 11.5 Å². The molecule has 0 aromatic heterocycles. The second kappa shape index (κ2) is 6.91. The molecule has 0 unspecified atom stereocenters. The minimum Gasteiger partial charge on any atom is -0.507 e. The van der Waals surface area contributed by atoms with Gasteiger partial charge in [-0.1, -0.05) is 11.6 Å². The number of unbranched alkanes of at least 4 members (excludes halogenated alkanes) is 1. The van der Waals surface area contributed by atoms with Gasteiger partial charge in [-0.15, -0.1) is 0 Å². The Morgan fingerprint density at radius 2 is 2.22 bits per heavy atom. The van der Waals surface area contributed by atoms with Gasteiger partial charge in [0.2, 0.25) is 0 Å². The first-order chi connectivity index (χ1) is 11.1. The van der Waals surface area contributed by atoms with Crippen LogP contribution >= 0.6 is 11.8 Å². The Bertz CT molecular complexity index is 639. The SMILES string of the molecule is C=C1Oc2cc(CCCCSC)cc(O)c2[C@@H]2C=C(C)CCN12. The summed E-state index contributed by atoms with van der Waals surface area (Å²) in [4.78, 5) is 2.13. The fourth-order valence-corrected chi connectivity index (χ4v) is 3.85. The van der Waals surface area contributed by atoms with Gasteiger partial charge in [0.05, 0.1) is 11.6 Å². The van der Waals surface area contributed by atoms with Crippen LogP contribution in [-0.4, -0.2) is 28.6 Å². The minimum absolute atomic E-state index is 0.0468. The van der Waals surface area contributed by atoms with Gasteiger partial charge in [0.15, 0.2) is 5.88 Å². The summed E-state index contributed by atoms with van der Waals surface area (Å²) in [5, 5.41) is 10.6. The van der Waals surface area contributed by atoms with Crippen LogP contribution in [0.15, 0.2) is 36.2 Å². The summed E-state index contributed by atoms with van der Waals surface area (Å²) in [5.41, 5.74) is 3.37. The van der Waals surface area contributed by atoms with Crippen LogP contribution < -0.4 is 4.74 Å². The van der Waals surface area contributed by atoms with Gasteiger partial charge in [0.1, 0.15) is 11.5 Å². The molecule has 1 N–H and O–H groups in total.